The van der Waals surface area contributed by atoms with E-state index in [0.29, 0.717) is 11.6 Å². The summed E-state index contributed by atoms with van der Waals surface area (Å²) in [5, 5.41) is 4.84. The molecule has 0 aliphatic rings. The second-order valence-electron chi connectivity index (χ2n) is 4.69. The molecule has 0 bridgehead atoms. The predicted octanol–water partition coefficient (Wildman–Crippen LogP) is 2.61. The minimum absolute atomic E-state index is 0.220. The van der Waals surface area contributed by atoms with E-state index in [1.54, 1.807) is 6.20 Å². The highest BCUT2D eigenvalue weighted by Crippen LogP contribution is 2.23. The van der Waals surface area contributed by atoms with E-state index < -0.39 is 0 Å². The van der Waals surface area contributed by atoms with Crippen molar-refractivity contribution < 1.29 is 0 Å². The molecule has 2 N–H and O–H groups in total. The first-order valence-corrected chi connectivity index (χ1v) is 6.95. The van der Waals surface area contributed by atoms with E-state index >= 15 is 0 Å². The van der Waals surface area contributed by atoms with Crippen LogP contribution in [-0.4, -0.2) is 19.3 Å². The highest BCUT2D eigenvalue weighted by molar-refractivity contribution is 6.31. The fourth-order valence-corrected chi connectivity index (χ4v) is 2.73. The number of para-hydroxylation sites is 2. The van der Waals surface area contributed by atoms with Crippen molar-refractivity contribution in [2.24, 2.45) is 5.73 Å². The Balaban J connectivity index is 1.92. The Morgan fingerprint density at radius 2 is 2.15 bits per heavy atom. The van der Waals surface area contributed by atoms with Gasteiger partial charge in [0, 0.05) is 13.1 Å². The predicted molar refractivity (Wildman–Crippen MR) is 79.6 cm³/mol. The summed E-state index contributed by atoms with van der Waals surface area (Å²) < 4.78 is 3.88. The van der Waals surface area contributed by atoms with Gasteiger partial charge in [-0.1, -0.05) is 23.7 Å². The molecule has 2 heterocycles. The molecule has 6 heteroatoms. The molecule has 20 heavy (non-hydrogen) atoms. The van der Waals surface area contributed by atoms with Crippen LogP contribution in [0.15, 0.2) is 36.8 Å². The molecule has 0 aliphatic carbocycles. The summed E-state index contributed by atoms with van der Waals surface area (Å²) in [5.41, 5.74) is 9.21. The molecule has 3 aromatic rings. The Hall–Kier alpha value is -1.85. The van der Waals surface area contributed by atoms with E-state index in [9.17, 15) is 0 Å². The summed E-state index contributed by atoms with van der Waals surface area (Å²) in [4.78, 5) is 4.37. The van der Waals surface area contributed by atoms with Gasteiger partial charge in [0.2, 0.25) is 0 Å². The molecule has 104 valence electrons. The van der Waals surface area contributed by atoms with Gasteiger partial charge in [-0.25, -0.2) is 4.98 Å². The van der Waals surface area contributed by atoms with Crippen LogP contribution in [0.2, 0.25) is 5.02 Å². The molecule has 0 amide bonds. The van der Waals surface area contributed by atoms with Crippen molar-refractivity contribution in [2.45, 2.75) is 26.1 Å². The van der Waals surface area contributed by atoms with Crippen molar-refractivity contribution in [3.05, 3.63) is 47.5 Å². The molecular formula is C14H16ClN5. The van der Waals surface area contributed by atoms with Crippen LogP contribution in [0, 0.1) is 0 Å². The second kappa shape index (κ2) is 5.26. The lowest BCUT2D eigenvalue weighted by molar-refractivity contribution is 0.520. The first kappa shape index (κ1) is 13.1. The van der Waals surface area contributed by atoms with Gasteiger partial charge in [0.25, 0.3) is 0 Å². The molecule has 2 aromatic heterocycles. The molecule has 0 fully saturated rings. The van der Waals surface area contributed by atoms with Gasteiger partial charge in [0.05, 0.1) is 40.3 Å². The number of rotatable bonds is 4. The zero-order valence-electron chi connectivity index (χ0n) is 11.2. The van der Waals surface area contributed by atoms with E-state index in [4.69, 9.17) is 17.3 Å². The van der Waals surface area contributed by atoms with Crippen LogP contribution < -0.4 is 5.73 Å². The molecule has 0 aliphatic heterocycles. The Kier molecular flexibility index (Phi) is 3.46. The molecule has 5 nitrogen and oxygen atoms in total. The number of benzene rings is 1. The average Bonchev–Trinajstić information content (AvgIpc) is 3.03. The largest absolute Gasteiger partial charge is 0.329 e. The average molecular weight is 290 g/mol. The number of aryl methyl sites for hydroxylation is 1. The van der Waals surface area contributed by atoms with Gasteiger partial charge in [-0.3, -0.25) is 4.68 Å². The van der Waals surface area contributed by atoms with E-state index in [2.05, 4.69) is 10.1 Å². The van der Waals surface area contributed by atoms with Crippen molar-refractivity contribution in [2.75, 3.05) is 0 Å². The number of imidazole rings is 1. The maximum Gasteiger partial charge on any atom is 0.0958 e. The molecular weight excluding hydrogens is 274 g/mol. The van der Waals surface area contributed by atoms with Gasteiger partial charge in [-0.15, -0.1) is 0 Å². The van der Waals surface area contributed by atoms with Crippen molar-refractivity contribution in [3.63, 3.8) is 0 Å². The number of halogens is 1. The van der Waals surface area contributed by atoms with Crippen LogP contribution in [0.4, 0.5) is 0 Å². The molecule has 1 unspecified atom stereocenters. The Labute approximate surface area is 122 Å². The summed E-state index contributed by atoms with van der Waals surface area (Å²) in [6, 6.07) is 7.77. The first-order valence-electron chi connectivity index (χ1n) is 6.57. The number of aromatic nitrogens is 4. The van der Waals surface area contributed by atoms with Gasteiger partial charge in [-0.05, 0) is 19.1 Å². The van der Waals surface area contributed by atoms with Crippen molar-refractivity contribution >= 4 is 22.6 Å². The van der Waals surface area contributed by atoms with Crippen LogP contribution in [0.3, 0.4) is 0 Å². The fraction of sp³-hybridized carbons (Fsp3) is 0.286. The third-order valence-electron chi connectivity index (χ3n) is 3.40. The first-order chi connectivity index (χ1) is 9.70. The topological polar surface area (TPSA) is 61.7 Å². The molecule has 0 spiro atoms. The zero-order valence-corrected chi connectivity index (χ0v) is 12.0. The maximum absolute atomic E-state index is 6.31. The lowest BCUT2D eigenvalue weighted by Gasteiger charge is -2.15. The van der Waals surface area contributed by atoms with Gasteiger partial charge >= 0.3 is 0 Å². The van der Waals surface area contributed by atoms with Crippen LogP contribution in [0.25, 0.3) is 11.0 Å². The van der Waals surface area contributed by atoms with E-state index in [1.165, 1.54) is 0 Å². The number of nitrogens with zero attached hydrogens (tertiary/aromatic N) is 4. The molecule has 3 rings (SSSR count). The smallest absolute Gasteiger partial charge is 0.0958 e. The third-order valence-corrected chi connectivity index (χ3v) is 3.70. The highest BCUT2D eigenvalue weighted by atomic mass is 35.5. The minimum atomic E-state index is -0.220. The summed E-state index contributed by atoms with van der Waals surface area (Å²) in [7, 11) is 0. The van der Waals surface area contributed by atoms with Gasteiger partial charge in [0.1, 0.15) is 0 Å². The quantitative estimate of drug-likeness (QED) is 0.803. The van der Waals surface area contributed by atoms with Crippen molar-refractivity contribution in [1.82, 2.24) is 19.3 Å². The standard InChI is InChI=1S/C14H16ClN5/c1-2-20-14(10(15)7-18-20)11(16)8-19-9-17-12-5-3-4-6-13(12)19/h3-7,9,11H,2,8,16H2,1H3. The van der Waals surface area contributed by atoms with Crippen molar-refractivity contribution in [1.29, 1.82) is 0 Å². The number of hydrogen-bond acceptors (Lipinski definition) is 3. The summed E-state index contributed by atoms with van der Waals surface area (Å²) >= 11 is 6.19. The molecule has 1 aromatic carbocycles. The van der Waals surface area contributed by atoms with Crippen LogP contribution in [0.5, 0.6) is 0 Å². The number of hydrogen-bond donors (Lipinski definition) is 1. The van der Waals surface area contributed by atoms with Crippen molar-refractivity contribution in [3.8, 4) is 0 Å². The van der Waals surface area contributed by atoms with Gasteiger partial charge in [0.15, 0.2) is 0 Å². The second-order valence-corrected chi connectivity index (χ2v) is 5.09. The molecule has 0 saturated carbocycles. The Morgan fingerprint density at radius 3 is 2.95 bits per heavy atom. The SMILES string of the molecule is CCn1ncc(Cl)c1C(N)Cn1cnc2ccccc21. The van der Waals surface area contributed by atoms with Gasteiger partial charge in [-0.2, -0.15) is 5.10 Å². The fourth-order valence-electron chi connectivity index (χ4n) is 2.45. The van der Waals surface area contributed by atoms with E-state index in [1.807, 2.05) is 46.8 Å². The van der Waals surface area contributed by atoms with Crippen LogP contribution in [-0.2, 0) is 13.1 Å². The van der Waals surface area contributed by atoms with Crippen LogP contribution >= 0.6 is 11.6 Å². The van der Waals surface area contributed by atoms with Crippen LogP contribution in [0.1, 0.15) is 18.7 Å². The lowest BCUT2D eigenvalue weighted by atomic mass is 10.2. The zero-order chi connectivity index (χ0) is 14.1. The molecule has 0 saturated heterocycles. The lowest BCUT2D eigenvalue weighted by Crippen LogP contribution is -2.21. The third kappa shape index (κ3) is 2.19. The summed E-state index contributed by atoms with van der Waals surface area (Å²) in [6.07, 6.45) is 3.46. The molecule has 0 radical (unpaired) electrons. The highest BCUT2D eigenvalue weighted by Gasteiger charge is 2.17. The maximum atomic E-state index is 6.31. The Morgan fingerprint density at radius 1 is 1.35 bits per heavy atom. The monoisotopic (exact) mass is 289 g/mol. The normalized spacial score (nSPS) is 12.9. The number of fused-ring (bicyclic) bond motifs is 1. The molecule has 1 atom stereocenters. The number of nitrogens with two attached hydrogens (primary N) is 1. The van der Waals surface area contributed by atoms with E-state index in [0.717, 1.165) is 23.3 Å². The van der Waals surface area contributed by atoms with E-state index in [-0.39, 0.29) is 6.04 Å². The summed E-state index contributed by atoms with van der Waals surface area (Å²) in [5.74, 6) is 0. The summed E-state index contributed by atoms with van der Waals surface area (Å²) in [6.45, 7) is 3.39. The van der Waals surface area contributed by atoms with Gasteiger partial charge < -0.3 is 10.3 Å². The Bertz CT molecular complexity index is 730. The minimum Gasteiger partial charge on any atom is -0.329 e.